The van der Waals surface area contributed by atoms with E-state index >= 15 is 0 Å². The van der Waals surface area contributed by atoms with Gasteiger partial charge in [-0.1, -0.05) is 176 Å². The van der Waals surface area contributed by atoms with Crippen molar-refractivity contribution in [2.24, 2.45) is 0 Å². The molecule has 8 heteroatoms. The van der Waals surface area contributed by atoms with Crippen molar-refractivity contribution in [2.45, 2.75) is 0 Å². The molecule has 0 N–H and O–H groups in total. The molecule has 0 bridgehead atoms. The van der Waals surface area contributed by atoms with Crippen molar-refractivity contribution in [1.29, 1.82) is 0 Å². The normalized spacial score (nSPS) is 11.6. The van der Waals surface area contributed by atoms with Crippen molar-refractivity contribution in [1.82, 2.24) is 33.6 Å². The summed E-state index contributed by atoms with van der Waals surface area (Å²) in [6, 6.07) is 87.2. The molecule has 72 heavy (non-hydrogen) atoms. The Hall–Kier alpha value is -9.50. The highest BCUT2D eigenvalue weighted by atomic mass is 32.1. The standard InChI is InChI=1S/C64H41N7S/c1-4-16-48(17-5-1)69-56-25-13-10-22-53(56)65-61(69)44-32-28-42(29-33-44)51-40-41-52(43-30-34-45(35-31-43)62-66-54-23-11-14-26-57(54)70(62)49-18-6-2-7-19-49)60-59(51)68-64(72-60)47-38-36-46(37-39-47)63-67-55-24-12-15-27-58(55)71(63)50-20-8-3-9-21-50/h1-41H. The molecule has 4 aromatic heterocycles. The minimum Gasteiger partial charge on any atom is -0.292 e. The van der Waals surface area contributed by atoms with E-state index in [0.29, 0.717) is 0 Å². The van der Waals surface area contributed by atoms with Gasteiger partial charge in [-0.15, -0.1) is 11.3 Å². The summed E-state index contributed by atoms with van der Waals surface area (Å²) in [5.74, 6) is 2.70. The van der Waals surface area contributed by atoms with E-state index < -0.39 is 0 Å². The van der Waals surface area contributed by atoms with Crippen LogP contribution in [0.5, 0.6) is 0 Å². The molecule has 0 aliphatic rings. The molecule has 338 valence electrons. The second kappa shape index (κ2) is 17.2. The first-order valence-electron chi connectivity index (χ1n) is 24.0. The van der Waals surface area contributed by atoms with Gasteiger partial charge in [0.25, 0.3) is 0 Å². The monoisotopic (exact) mass is 939 g/mol. The van der Waals surface area contributed by atoms with E-state index in [2.05, 4.69) is 226 Å². The van der Waals surface area contributed by atoms with Crippen LogP contribution in [0.1, 0.15) is 0 Å². The molecule has 0 aliphatic heterocycles. The molecular weight excluding hydrogens is 899 g/mol. The van der Waals surface area contributed by atoms with Gasteiger partial charge in [0.05, 0.1) is 43.3 Å². The summed E-state index contributed by atoms with van der Waals surface area (Å²) in [6.07, 6.45) is 0. The van der Waals surface area contributed by atoms with Gasteiger partial charge in [-0.3, -0.25) is 13.7 Å². The van der Waals surface area contributed by atoms with Gasteiger partial charge in [0.1, 0.15) is 22.5 Å². The molecule has 10 aromatic carbocycles. The Labute approximate surface area is 418 Å². The maximum atomic E-state index is 5.51. The smallest absolute Gasteiger partial charge is 0.145 e. The zero-order chi connectivity index (χ0) is 47.5. The Balaban J connectivity index is 0.881. The van der Waals surface area contributed by atoms with Crippen molar-refractivity contribution >= 4 is 54.7 Å². The molecule has 4 heterocycles. The first kappa shape index (κ1) is 41.5. The largest absolute Gasteiger partial charge is 0.292 e. The Kier molecular flexibility index (Phi) is 9.89. The summed E-state index contributed by atoms with van der Waals surface area (Å²) in [5, 5.41) is 0.947. The predicted molar refractivity (Wildman–Crippen MR) is 296 cm³/mol. The summed E-state index contributed by atoms with van der Waals surface area (Å²) in [7, 11) is 0. The highest BCUT2D eigenvalue weighted by Crippen LogP contribution is 2.43. The number of hydrogen-bond acceptors (Lipinski definition) is 5. The quantitative estimate of drug-likeness (QED) is 0.145. The van der Waals surface area contributed by atoms with Crippen molar-refractivity contribution in [2.75, 3.05) is 0 Å². The predicted octanol–water partition coefficient (Wildman–Crippen LogP) is 16.3. The molecule has 0 unspecified atom stereocenters. The average Bonchev–Trinajstić information content (AvgIpc) is 4.26. The van der Waals surface area contributed by atoms with Gasteiger partial charge in [0.15, 0.2) is 0 Å². The third-order valence-electron chi connectivity index (χ3n) is 13.6. The van der Waals surface area contributed by atoms with Crippen LogP contribution >= 0.6 is 11.3 Å². The lowest BCUT2D eigenvalue weighted by atomic mass is 9.97. The zero-order valence-corrected chi connectivity index (χ0v) is 39.5. The Morgan fingerprint density at radius 3 is 0.986 bits per heavy atom. The van der Waals surface area contributed by atoms with Crippen LogP contribution in [-0.4, -0.2) is 33.6 Å². The first-order chi connectivity index (χ1) is 35.7. The molecule has 14 aromatic rings. The molecule has 7 nitrogen and oxygen atoms in total. The molecule has 0 atom stereocenters. The average molecular weight is 940 g/mol. The number of rotatable bonds is 9. The third kappa shape index (κ3) is 7.03. The summed E-state index contributed by atoms with van der Waals surface area (Å²) in [6.45, 7) is 0. The van der Waals surface area contributed by atoms with Crippen LogP contribution < -0.4 is 0 Å². The topological polar surface area (TPSA) is 66.3 Å². The molecule has 0 saturated heterocycles. The lowest BCUT2D eigenvalue weighted by Crippen LogP contribution is -1.97. The SMILES string of the molecule is c1ccc(-n2c(-c3ccc(-c4nc5c(-c6ccc(-c7nc8ccccc8n7-c7ccccc7)cc6)ccc(-c6ccc(-c7nc8ccccc8n7-c7ccccc7)cc6)c5s4)cc3)nc3ccccc32)cc1. The van der Waals surface area contributed by atoms with Gasteiger partial charge in [-0.25, -0.2) is 19.9 Å². The van der Waals surface area contributed by atoms with Crippen LogP contribution in [0.25, 0.3) is 127 Å². The van der Waals surface area contributed by atoms with Gasteiger partial charge < -0.3 is 0 Å². The first-order valence-corrected chi connectivity index (χ1v) is 24.9. The fourth-order valence-electron chi connectivity index (χ4n) is 10.1. The third-order valence-corrected chi connectivity index (χ3v) is 14.7. The van der Waals surface area contributed by atoms with E-state index in [-0.39, 0.29) is 0 Å². The summed E-state index contributed by atoms with van der Waals surface area (Å²) in [4.78, 5) is 21.0. The van der Waals surface area contributed by atoms with E-state index in [1.165, 1.54) is 0 Å². The Morgan fingerprint density at radius 2 is 0.583 bits per heavy atom. The van der Waals surface area contributed by atoms with Gasteiger partial charge in [0, 0.05) is 50.4 Å². The molecule has 0 amide bonds. The van der Waals surface area contributed by atoms with Gasteiger partial charge in [0.2, 0.25) is 0 Å². The van der Waals surface area contributed by atoms with E-state index in [4.69, 9.17) is 19.9 Å². The minimum absolute atomic E-state index is 0.897. The Bertz CT molecular complexity index is 4090. The van der Waals surface area contributed by atoms with Crippen molar-refractivity contribution in [3.05, 3.63) is 249 Å². The van der Waals surface area contributed by atoms with Crippen LogP contribution in [0, 0.1) is 0 Å². The maximum absolute atomic E-state index is 5.51. The zero-order valence-electron chi connectivity index (χ0n) is 38.7. The number of aromatic nitrogens is 7. The lowest BCUT2D eigenvalue weighted by molar-refractivity contribution is 1.10. The molecule has 0 fully saturated rings. The number of imidazole rings is 3. The van der Waals surface area contributed by atoms with Crippen LogP contribution in [0.4, 0.5) is 0 Å². The lowest BCUT2D eigenvalue weighted by Gasteiger charge is -2.12. The fourth-order valence-corrected chi connectivity index (χ4v) is 11.3. The van der Waals surface area contributed by atoms with Crippen LogP contribution in [0.15, 0.2) is 249 Å². The van der Waals surface area contributed by atoms with E-state index in [1.54, 1.807) is 11.3 Å². The molecule has 0 radical (unpaired) electrons. The van der Waals surface area contributed by atoms with E-state index in [9.17, 15) is 0 Å². The van der Waals surface area contributed by atoms with Crippen LogP contribution in [0.3, 0.4) is 0 Å². The molecular formula is C64H41N7S. The number of para-hydroxylation sites is 9. The number of fused-ring (bicyclic) bond motifs is 4. The van der Waals surface area contributed by atoms with Gasteiger partial charge in [-0.2, -0.15) is 0 Å². The Morgan fingerprint density at radius 1 is 0.264 bits per heavy atom. The van der Waals surface area contributed by atoms with Crippen molar-refractivity contribution in [3.8, 4) is 84.1 Å². The fraction of sp³-hybridized carbons (Fsp3) is 0. The van der Waals surface area contributed by atoms with Crippen LogP contribution in [-0.2, 0) is 0 Å². The van der Waals surface area contributed by atoms with Crippen molar-refractivity contribution < 1.29 is 0 Å². The van der Waals surface area contributed by atoms with E-state index in [0.717, 1.165) is 127 Å². The molecule has 14 rings (SSSR count). The molecule has 0 spiro atoms. The second-order valence-electron chi connectivity index (χ2n) is 17.9. The number of hydrogen-bond donors (Lipinski definition) is 0. The number of thiazole rings is 1. The number of benzene rings is 10. The maximum Gasteiger partial charge on any atom is 0.145 e. The van der Waals surface area contributed by atoms with Gasteiger partial charge in [-0.05, 0) is 83.9 Å². The van der Waals surface area contributed by atoms with Crippen LogP contribution in [0.2, 0.25) is 0 Å². The summed E-state index contributed by atoms with van der Waals surface area (Å²) >= 11 is 1.73. The van der Waals surface area contributed by atoms with Crippen molar-refractivity contribution in [3.63, 3.8) is 0 Å². The highest BCUT2D eigenvalue weighted by molar-refractivity contribution is 7.22. The molecule has 0 aliphatic carbocycles. The van der Waals surface area contributed by atoms with Gasteiger partial charge >= 0.3 is 0 Å². The molecule has 0 saturated carbocycles. The second-order valence-corrected chi connectivity index (χ2v) is 18.9. The number of nitrogens with zero attached hydrogens (tertiary/aromatic N) is 7. The summed E-state index contributed by atoms with van der Waals surface area (Å²) in [5.41, 5.74) is 18.8. The minimum atomic E-state index is 0.897. The van der Waals surface area contributed by atoms with E-state index in [1.807, 2.05) is 36.4 Å². The summed E-state index contributed by atoms with van der Waals surface area (Å²) < 4.78 is 7.86. The highest BCUT2D eigenvalue weighted by Gasteiger charge is 2.21.